The van der Waals surface area contributed by atoms with Gasteiger partial charge in [0.25, 0.3) is 5.91 Å². The summed E-state index contributed by atoms with van der Waals surface area (Å²) in [4.78, 5) is 15.7. The molecule has 0 N–H and O–H groups in total. The second-order valence-corrected chi connectivity index (χ2v) is 10.8. The molecule has 34 heavy (non-hydrogen) atoms. The first-order valence-electron chi connectivity index (χ1n) is 11.7. The minimum Gasteiger partial charge on any atom is -0.358 e. The number of alkyl halides is 1. The predicted octanol–water partition coefficient (Wildman–Crippen LogP) is 7.12. The Bertz CT molecular complexity index is 1090. The highest BCUT2D eigenvalue weighted by atomic mass is 127. The van der Waals surface area contributed by atoms with Crippen molar-refractivity contribution in [2.75, 3.05) is 0 Å². The van der Waals surface area contributed by atoms with Crippen molar-refractivity contribution >= 4 is 40.1 Å². The van der Waals surface area contributed by atoms with Gasteiger partial charge in [0.05, 0.1) is 12.1 Å². The maximum atomic E-state index is 13.9. The molecular formula is C28H28ClIN2O2. The lowest BCUT2D eigenvalue weighted by atomic mass is 9.88. The summed E-state index contributed by atoms with van der Waals surface area (Å²) in [5.74, 6) is -0.127. The minimum absolute atomic E-state index is 0.127. The van der Waals surface area contributed by atoms with E-state index in [9.17, 15) is 10.1 Å². The molecule has 2 aromatic rings. The maximum Gasteiger partial charge on any atom is 0.253 e. The number of nitrogens with zero attached hydrogens (tertiary/aromatic N) is 2. The molecule has 0 bridgehead atoms. The fraction of sp³-hybridized carbons (Fsp3) is 0.357. The maximum absolute atomic E-state index is 13.9. The Morgan fingerprint density at radius 3 is 2.53 bits per heavy atom. The zero-order valence-electron chi connectivity index (χ0n) is 19.1. The monoisotopic (exact) mass is 586 g/mol. The highest BCUT2D eigenvalue weighted by Crippen LogP contribution is 2.44. The van der Waals surface area contributed by atoms with Crippen molar-refractivity contribution in [2.24, 2.45) is 0 Å². The van der Waals surface area contributed by atoms with E-state index in [2.05, 4.69) is 46.9 Å². The zero-order chi connectivity index (χ0) is 24.1. The summed E-state index contributed by atoms with van der Waals surface area (Å²) in [6, 6.07) is 19.0. The first kappa shape index (κ1) is 25.0. The van der Waals surface area contributed by atoms with Gasteiger partial charge in [-0.2, -0.15) is 5.26 Å². The number of nitriles is 1. The molecule has 0 spiro atoms. The Labute approximate surface area is 220 Å². The van der Waals surface area contributed by atoms with Crippen molar-refractivity contribution in [1.29, 1.82) is 5.26 Å². The largest absolute Gasteiger partial charge is 0.358 e. The van der Waals surface area contributed by atoms with Crippen LogP contribution < -0.4 is 0 Å². The number of rotatable bonds is 7. The van der Waals surface area contributed by atoms with Gasteiger partial charge in [0.2, 0.25) is 0 Å². The van der Waals surface area contributed by atoms with E-state index in [4.69, 9.17) is 16.3 Å². The highest BCUT2D eigenvalue weighted by molar-refractivity contribution is 14.1. The van der Waals surface area contributed by atoms with Crippen LogP contribution in [0.15, 0.2) is 78.4 Å². The summed E-state index contributed by atoms with van der Waals surface area (Å²) in [6.07, 6.45) is 8.26. The summed E-state index contributed by atoms with van der Waals surface area (Å²) in [5, 5.41) is 10.7. The van der Waals surface area contributed by atoms with Crippen LogP contribution in [0.25, 0.3) is 0 Å². The quantitative estimate of drug-likeness (QED) is 0.256. The molecule has 4 rings (SSSR count). The van der Waals surface area contributed by atoms with Gasteiger partial charge in [-0.05, 0) is 41.7 Å². The van der Waals surface area contributed by atoms with E-state index in [1.165, 1.54) is 0 Å². The van der Waals surface area contributed by atoms with Crippen molar-refractivity contribution in [1.82, 2.24) is 4.90 Å². The normalized spacial score (nSPS) is 25.5. The Kier molecular flexibility index (Phi) is 8.46. The first-order valence-corrected chi connectivity index (χ1v) is 13.3. The second-order valence-electron chi connectivity index (χ2n) is 8.73. The van der Waals surface area contributed by atoms with Gasteiger partial charge in [0, 0.05) is 15.4 Å². The summed E-state index contributed by atoms with van der Waals surface area (Å²) in [6.45, 7) is 2.04. The first-order chi connectivity index (χ1) is 16.5. The van der Waals surface area contributed by atoms with Crippen LogP contribution in [-0.2, 0) is 9.53 Å². The van der Waals surface area contributed by atoms with E-state index in [1.807, 2.05) is 61.5 Å². The van der Waals surface area contributed by atoms with Crippen molar-refractivity contribution in [3.05, 3.63) is 94.5 Å². The smallest absolute Gasteiger partial charge is 0.253 e. The third-order valence-corrected chi connectivity index (χ3v) is 7.53. The fourth-order valence-corrected chi connectivity index (χ4v) is 5.27. The van der Waals surface area contributed by atoms with Gasteiger partial charge in [-0.1, -0.05) is 108 Å². The molecule has 1 saturated heterocycles. The minimum atomic E-state index is -0.650. The predicted molar refractivity (Wildman–Crippen MR) is 144 cm³/mol. The number of benzene rings is 2. The van der Waals surface area contributed by atoms with Crippen LogP contribution in [0, 0.1) is 11.3 Å². The van der Waals surface area contributed by atoms with E-state index in [0.29, 0.717) is 21.8 Å². The lowest BCUT2D eigenvalue weighted by Gasteiger charge is -2.46. The number of carbonyl (C=O) groups excluding carboxylic acids is 1. The van der Waals surface area contributed by atoms with Crippen LogP contribution in [0.4, 0.5) is 0 Å². The number of morpholine rings is 1. The summed E-state index contributed by atoms with van der Waals surface area (Å²) < 4.78 is 7.08. The standard InChI is InChI=1S/C28H28ClIN2O2/c1-2-6-24(18-31)32-26(20-11-13-22(29)14-12-20)27(21-7-4-3-5-8-21)34-25(28(32)33)17-19-9-15-23(30)16-10-19/h3-5,7-15,23-27H,2,6,16-17H2,1H3/t23?,24-,25+,26-,27+/m1/s1. The molecule has 1 aliphatic carbocycles. The average molecular weight is 587 g/mol. The van der Waals surface area contributed by atoms with Gasteiger partial charge in [-0.15, -0.1) is 0 Å². The Hall–Kier alpha value is -2.14. The van der Waals surface area contributed by atoms with Crippen molar-refractivity contribution < 1.29 is 9.53 Å². The Balaban J connectivity index is 1.78. The average Bonchev–Trinajstić information content (AvgIpc) is 2.86. The van der Waals surface area contributed by atoms with E-state index in [-0.39, 0.29) is 5.91 Å². The molecular weight excluding hydrogens is 559 g/mol. The lowest BCUT2D eigenvalue weighted by molar-refractivity contribution is -0.177. The molecule has 1 aliphatic heterocycles. The van der Waals surface area contributed by atoms with Crippen molar-refractivity contribution in [3.63, 3.8) is 0 Å². The van der Waals surface area contributed by atoms with Crippen LogP contribution >= 0.6 is 34.2 Å². The molecule has 0 saturated carbocycles. The topological polar surface area (TPSA) is 53.3 Å². The Morgan fingerprint density at radius 2 is 1.91 bits per heavy atom. The van der Waals surface area contributed by atoms with E-state index < -0.39 is 24.3 Å². The van der Waals surface area contributed by atoms with Gasteiger partial charge in [-0.3, -0.25) is 4.79 Å². The Morgan fingerprint density at radius 1 is 1.18 bits per heavy atom. The van der Waals surface area contributed by atoms with Crippen LogP contribution in [0.3, 0.4) is 0 Å². The van der Waals surface area contributed by atoms with Crippen molar-refractivity contribution in [3.8, 4) is 6.07 Å². The van der Waals surface area contributed by atoms with Gasteiger partial charge in [0.1, 0.15) is 18.2 Å². The SMILES string of the molecule is CCC[C@H](C#N)N1C(=O)[C@H](CC2=CCC(I)C=C2)O[C@@H](c2ccccc2)[C@H]1c1ccc(Cl)cc1. The molecule has 1 heterocycles. The van der Waals surface area contributed by atoms with Gasteiger partial charge in [-0.25, -0.2) is 0 Å². The van der Waals surface area contributed by atoms with Crippen LogP contribution in [0.1, 0.15) is 55.9 Å². The van der Waals surface area contributed by atoms with E-state index in [1.54, 1.807) is 4.90 Å². The second kappa shape index (κ2) is 11.5. The molecule has 5 atom stereocenters. The number of carbonyl (C=O) groups is 1. The number of hydrogen-bond acceptors (Lipinski definition) is 3. The highest BCUT2D eigenvalue weighted by Gasteiger charge is 2.46. The van der Waals surface area contributed by atoms with Crippen molar-refractivity contribution in [2.45, 2.75) is 60.8 Å². The molecule has 0 aromatic heterocycles. The van der Waals surface area contributed by atoms with E-state index in [0.717, 1.165) is 29.5 Å². The summed E-state index contributed by atoms with van der Waals surface area (Å²) in [5.41, 5.74) is 3.00. The fourth-order valence-electron chi connectivity index (χ4n) is 4.68. The van der Waals surface area contributed by atoms with Gasteiger partial charge in [0.15, 0.2) is 0 Å². The molecule has 176 valence electrons. The molecule has 4 nitrogen and oxygen atoms in total. The molecule has 1 amide bonds. The third-order valence-electron chi connectivity index (χ3n) is 6.36. The molecule has 1 unspecified atom stereocenters. The van der Waals surface area contributed by atoms with Gasteiger partial charge < -0.3 is 9.64 Å². The van der Waals surface area contributed by atoms with E-state index >= 15 is 0 Å². The lowest BCUT2D eigenvalue weighted by Crippen LogP contribution is -2.54. The number of allylic oxidation sites excluding steroid dienone is 3. The van der Waals surface area contributed by atoms with Crippen LogP contribution in [-0.4, -0.2) is 26.9 Å². The van der Waals surface area contributed by atoms with Crippen LogP contribution in [0.2, 0.25) is 5.02 Å². The molecule has 6 heteroatoms. The van der Waals surface area contributed by atoms with Crippen LogP contribution in [0.5, 0.6) is 0 Å². The molecule has 0 radical (unpaired) electrons. The summed E-state index contributed by atoms with van der Waals surface area (Å²) in [7, 11) is 0. The number of halogens is 2. The number of hydrogen-bond donors (Lipinski definition) is 0. The third kappa shape index (κ3) is 5.56. The zero-order valence-corrected chi connectivity index (χ0v) is 22.0. The summed E-state index contributed by atoms with van der Waals surface area (Å²) >= 11 is 8.58. The molecule has 2 aromatic carbocycles. The molecule has 1 fully saturated rings. The number of amides is 1. The number of ether oxygens (including phenoxy) is 1. The molecule has 2 aliphatic rings. The van der Waals surface area contributed by atoms with Gasteiger partial charge >= 0.3 is 0 Å².